The van der Waals surface area contributed by atoms with Gasteiger partial charge in [-0.15, -0.1) is 0 Å². The van der Waals surface area contributed by atoms with Gasteiger partial charge in [-0.25, -0.2) is 9.18 Å². The zero-order valence-electron chi connectivity index (χ0n) is 15.5. The Kier molecular flexibility index (Phi) is 5.77. The van der Waals surface area contributed by atoms with Crippen LogP contribution < -0.4 is 10.6 Å². The first-order valence-corrected chi connectivity index (χ1v) is 9.15. The topological polar surface area (TPSA) is 91.7 Å². The molecule has 8 heteroatoms. The minimum atomic E-state index is -1.29. The maximum absolute atomic E-state index is 13.3. The van der Waals surface area contributed by atoms with Gasteiger partial charge in [-0.3, -0.25) is 14.5 Å². The van der Waals surface area contributed by atoms with Crippen molar-refractivity contribution in [3.05, 3.63) is 59.8 Å². The quantitative estimate of drug-likeness (QED) is 0.681. The second kappa shape index (κ2) is 8.24. The summed E-state index contributed by atoms with van der Waals surface area (Å²) in [5, 5.41) is 5.34. The molecule has 2 aromatic rings. The Hall–Kier alpha value is -3.16. The van der Waals surface area contributed by atoms with E-state index in [0.717, 1.165) is 11.3 Å². The maximum Gasteiger partial charge on any atom is 0.325 e. The van der Waals surface area contributed by atoms with Crippen molar-refractivity contribution >= 4 is 17.8 Å². The van der Waals surface area contributed by atoms with Crippen LogP contribution in [0.2, 0.25) is 0 Å². The summed E-state index contributed by atoms with van der Waals surface area (Å²) >= 11 is 0. The first-order valence-electron chi connectivity index (χ1n) is 9.15. The second-order valence-electron chi connectivity index (χ2n) is 6.69. The average Bonchev–Trinajstić information content (AvgIpc) is 3.28. The number of hydrogen-bond donors (Lipinski definition) is 2. The van der Waals surface area contributed by atoms with E-state index in [9.17, 15) is 18.8 Å². The number of imide groups is 1. The molecule has 1 aromatic carbocycles. The zero-order chi connectivity index (χ0) is 20.1. The van der Waals surface area contributed by atoms with Crippen LogP contribution in [0.4, 0.5) is 9.18 Å². The molecule has 0 aliphatic carbocycles. The van der Waals surface area contributed by atoms with E-state index in [-0.39, 0.29) is 6.54 Å². The highest BCUT2D eigenvalue weighted by atomic mass is 19.1. The van der Waals surface area contributed by atoms with Crippen LogP contribution in [0, 0.1) is 5.82 Å². The van der Waals surface area contributed by atoms with E-state index in [1.807, 2.05) is 6.92 Å². The van der Waals surface area contributed by atoms with Gasteiger partial charge < -0.3 is 15.1 Å². The normalized spacial score (nSPS) is 19.0. The van der Waals surface area contributed by atoms with Gasteiger partial charge in [0, 0.05) is 0 Å². The van der Waals surface area contributed by atoms with Crippen molar-refractivity contribution in [1.82, 2.24) is 15.5 Å². The Bertz CT molecular complexity index is 851. The van der Waals surface area contributed by atoms with Crippen molar-refractivity contribution in [2.75, 3.05) is 6.54 Å². The fourth-order valence-electron chi connectivity index (χ4n) is 3.25. The lowest BCUT2D eigenvalue weighted by Gasteiger charge is -2.27. The van der Waals surface area contributed by atoms with Gasteiger partial charge in [0.2, 0.25) is 5.91 Å². The summed E-state index contributed by atoms with van der Waals surface area (Å²) in [5.41, 5.74) is -0.790. The molecule has 4 amide bonds. The third-order valence-electron chi connectivity index (χ3n) is 4.76. The number of nitrogens with zero attached hydrogens (tertiary/aromatic N) is 1. The van der Waals surface area contributed by atoms with E-state index in [1.54, 1.807) is 12.1 Å². The van der Waals surface area contributed by atoms with E-state index in [2.05, 4.69) is 10.6 Å². The number of carbonyl (C=O) groups is 3. The summed E-state index contributed by atoms with van der Waals surface area (Å²) in [6.45, 7) is 1.73. The molecule has 1 aliphatic rings. The molecule has 7 nitrogen and oxygen atoms in total. The Morgan fingerprint density at radius 2 is 2.00 bits per heavy atom. The van der Waals surface area contributed by atoms with E-state index >= 15 is 0 Å². The van der Waals surface area contributed by atoms with Crippen LogP contribution in [0.5, 0.6) is 0 Å². The second-order valence-corrected chi connectivity index (χ2v) is 6.69. The molecule has 1 fully saturated rings. The number of hydrogen-bond acceptors (Lipinski definition) is 4. The van der Waals surface area contributed by atoms with Crippen LogP contribution in [-0.2, 0) is 21.7 Å². The van der Waals surface area contributed by atoms with Crippen LogP contribution in [0.15, 0.2) is 47.1 Å². The van der Waals surface area contributed by atoms with Crippen LogP contribution in [0.1, 0.15) is 37.5 Å². The highest BCUT2D eigenvalue weighted by Crippen LogP contribution is 2.34. The van der Waals surface area contributed by atoms with Crippen molar-refractivity contribution in [2.24, 2.45) is 0 Å². The summed E-state index contributed by atoms with van der Waals surface area (Å²) in [6.07, 6.45) is 3.35. The number of rotatable bonds is 8. The Labute approximate surface area is 161 Å². The standard InChI is InChI=1S/C20H22FN3O4/c1-2-3-10-20(14-6-8-15(21)9-7-14)18(26)24(19(27)23-20)13-17(25)22-12-16-5-4-11-28-16/h4-9,11H,2-3,10,12-13H2,1H3,(H,22,25)(H,23,27)/t20-/m1/s1. The van der Waals surface area contributed by atoms with Gasteiger partial charge in [0.15, 0.2) is 0 Å². The van der Waals surface area contributed by atoms with Crippen molar-refractivity contribution in [3.8, 4) is 0 Å². The van der Waals surface area contributed by atoms with Crippen molar-refractivity contribution < 1.29 is 23.2 Å². The lowest BCUT2D eigenvalue weighted by Crippen LogP contribution is -2.45. The summed E-state index contributed by atoms with van der Waals surface area (Å²) < 4.78 is 18.5. The van der Waals surface area contributed by atoms with E-state index in [4.69, 9.17) is 4.42 Å². The number of nitrogens with one attached hydrogen (secondary N) is 2. The smallest absolute Gasteiger partial charge is 0.325 e. The fourth-order valence-corrected chi connectivity index (χ4v) is 3.25. The molecule has 2 N–H and O–H groups in total. The van der Waals surface area contributed by atoms with Crippen LogP contribution in [0.25, 0.3) is 0 Å². The average molecular weight is 387 g/mol. The highest BCUT2D eigenvalue weighted by Gasteiger charge is 2.52. The van der Waals surface area contributed by atoms with Gasteiger partial charge >= 0.3 is 6.03 Å². The van der Waals surface area contributed by atoms with Crippen LogP contribution in [-0.4, -0.2) is 29.3 Å². The Balaban J connectivity index is 1.76. The molecule has 28 heavy (non-hydrogen) atoms. The van der Waals surface area contributed by atoms with Gasteiger partial charge in [-0.1, -0.05) is 31.9 Å². The molecule has 0 saturated carbocycles. The molecule has 0 bridgehead atoms. The van der Waals surface area contributed by atoms with Crippen molar-refractivity contribution in [2.45, 2.75) is 38.3 Å². The summed E-state index contributed by atoms with van der Waals surface area (Å²) in [5.74, 6) is -0.856. The van der Waals surface area contributed by atoms with E-state index < -0.39 is 35.7 Å². The molecule has 1 aliphatic heterocycles. The number of unbranched alkanes of at least 4 members (excludes halogenated alkanes) is 1. The predicted octanol–water partition coefficient (Wildman–Crippen LogP) is 2.67. The van der Waals surface area contributed by atoms with Gasteiger partial charge in [0.1, 0.15) is 23.7 Å². The minimum Gasteiger partial charge on any atom is -0.467 e. The molecule has 148 valence electrons. The summed E-state index contributed by atoms with van der Waals surface area (Å²) in [6, 6.07) is 8.25. The third kappa shape index (κ3) is 3.90. The first kappa shape index (κ1) is 19.6. The molecular weight excluding hydrogens is 365 g/mol. The van der Waals surface area contributed by atoms with E-state index in [0.29, 0.717) is 24.2 Å². The third-order valence-corrected chi connectivity index (χ3v) is 4.76. The first-order chi connectivity index (χ1) is 13.5. The monoisotopic (exact) mass is 387 g/mol. The number of halogens is 1. The maximum atomic E-state index is 13.3. The van der Waals surface area contributed by atoms with Crippen LogP contribution >= 0.6 is 0 Å². The van der Waals surface area contributed by atoms with Gasteiger partial charge in [-0.2, -0.15) is 0 Å². The van der Waals surface area contributed by atoms with Crippen molar-refractivity contribution in [3.63, 3.8) is 0 Å². The predicted molar refractivity (Wildman–Crippen MR) is 98.4 cm³/mol. The van der Waals surface area contributed by atoms with Crippen LogP contribution in [0.3, 0.4) is 0 Å². The van der Waals surface area contributed by atoms with Gasteiger partial charge in [0.25, 0.3) is 5.91 Å². The molecule has 1 aromatic heterocycles. The molecule has 1 atom stereocenters. The van der Waals surface area contributed by atoms with Gasteiger partial charge in [-0.05, 0) is 36.2 Å². The minimum absolute atomic E-state index is 0.161. The molecule has 3 rings (SSSR count). The fraction of sp³-hybridized carbons (Fsp3) is 0.350. The molecular formula is C20H22FN3O4. The Morgan fingerprint density at radius 1 is 1.25 bits per heavy atom. The SMILES string of the molecule is CCCC[C@]1(c2ccc(F)cc2)NC(=O)N(CC(=O)NCc2ccco2)C1=O. The number of benzene rings is 1. The lowest BCUT2D eigenvalue weighted by atomic mass is 9.85. The van der Waals surface area contributed by atoms with Crippen molar-refractivity contribution in [1.29, 1.82) is 0 Å². The molecule has 2 heterocycles. The summed E-state index contributed by atoms with van der Waals surface area (Å²) in [7, 11) is 0. The molecule has 0 spiro atoms. The number of carbonyl (C=O) groups excluding carboxylic acids is 3. The Morgan fingerprint density at radius 3 is 2.64 bits per heavy atom. The zero-order valence-corrected chi connectivity index (χ0v) is 15.5. The molecule has 0 unspecified atom stereocenters. The number of amides is 4. The molecule has 0 radical (unpaired) electrons. The highest BCUT2D eigenvalue weighted by molar-refractivity contribution is 6.09. The molecule has 1 saturated heterocycles. The lowest BCUT2D eigenvalue weighted by molar-refractivity contribution is -0.135. The van der Waals surface area contributed by atoms with E-state index in [1.165, 1.54) is 30.5 Å². The number of furan rings is 1. The summed E-state index contributed by atoms with van der Waals surface area (Å²) in [4.78, 5) is 38.8. The van der Waals surface area contributed by atoms with Gasteiger partial charge in [0.05, 0.1) is 12.8 Å². The largest absolute Gasteiger partial charge is 0.467 e. The number of urea groups is 1.